The van der Waals surface area contributed by atoms with Gasteiger partial charge in [0.15, 0.2) is 5.17 Å². The number of nitrogens with one attached hydrogen (secondary N) is 1. The monoisotopic (exact) mass is 364 g/mol. The third kappa shape index (κ3) is 4.56. The lowest BCUT2D eigenvalue weighted by atomic mass is 10.2. The maximum atomic E-state index is 12.2. The average molecular weight is 364 g/mol. The molecular weight excluding hydrogens is 344 g/mol. The highest BCUT2D eigenvalue weighted by Crippen LogP contribution is 2.29. The molecule has 0 aliphatic carbocycles. The molecule has 1 aliphatic heterocycles. The summed E-state index contributed by atoms with van der Waals surface area (Å²) < 4.78 is 0. The molecule has 1 aromatic rings. The molecule has 1 aromatic carbocycles. The zero-order valence-electron chi connectivity index (χ0n) is 14.3. The number of amides is 2. The van der Waals surface area contributed by atoms with Gasteiger partial charge in [-0.2, -0.15) is 4.99 Å². The molecule has 2 rings (SSSR count). The van der Waals surface area contributed by atoms with E-state index in [9.17, 15) is 19.7 Å². The Morgan fingerprint density at radius 3 is 2.68 bits per heavy atom. The molecule has 1 atom stereocenters. The van der Waals surface area contributed by atoms with Crippen LogP contribution in [0, 0.1) is 17.0 Å². The predicted molar refractivity (Wildman–Crippen MR) is 97.8 cm³/mol. The van der Waals surface area contributed by atoms with Gasteiger partial charge in [0.2, 0.25) is 5.91 Å². The Kier molecular flexibility index (Phi) is 6.13. The number of aliphatic imine (C=N–C) groups is 1. The lowest BCUT2D eigenvalue weighted by Crippen LogP contribution is -2.28. The quantitative estimate of drug-likeness (QED) is 0.614. The topological polar surface area (TPSA) is 105 Å². The first-order chi connectivity index (χ1) is 11.8. The molecule has 0 saturated heterocycles. The number of hydrogen-bond acceptors (Lipinski definition) is 6. The highest BCUT2D eigenvalue weighted by atomic mass is 32.2. The number of amidine groups is 1. The third-order valence-corrected chi connectivity index (χ3v) is 4.97. The molecule has 8 nitrogen and oxygen atoms in total. The lowest BCUT2D eigenvalue weighted by molar-refractivity contribution is -0.384. The Bertz CT molecular complexity index is 731. The third-order valence-electron chi connectivity index (χ3n) is 3.76. The molecular formula is C16H20N4O4S. The van der Waals surface area contributed by atoms with Gasteiger partial charge in [0.25, 0.3) is 11.6 Å². The van der Waals surface area contributed by atoms with E-state index < -0.39 is 16.1 Å². The number of carbonyl (C=O) groups is 2. The van der Waals surface area contributed by atoms with Crippen LogP contribution in [0.5, 0.6) is 0 Å². The van der Waals surface area contributed by atoms with Crippen LogP contribution in [0.1, 0.15) is 25.8 Å². The molecule has 1 N–H and O–H groups in total. The summed E-state index contributed by atoms with van der Waals surface area (Å²) in [6, 6.07) is 4.57. The van der Waals surface area contributed by atoms with Crippen LogP contribution in [0.25, 0.3) is 0 Å². The van der Waals surface area contributed by atoms with Gasteiger partial charge in [0.1, 0.15) is 10.9 Å². The van der Waals surface area contributed by atoms with Gasteiger partial charge in [-0.3, -0.25) is 19.7 Å². The van der Waals surface area contributed by atoms with Crippen LogP contribution in [-0.4, -0.2) is 45.1 Å². The van der Waals surface area contributed by atoms with Crippen LogP contribution in [0.15, 0.2) is 23.2 Å². The highest BCUT2D eigenvalue weighted by Gasteiger charge is 2.32. The second-order valence-corrected chi connectivity index (χ2v) is 6.71. The molecule has 0 bridgehead atoms. The normalized spacial score (nSPS) is 16.5. The van der Waals surface area contributed by atoms with E-state index in [0.29, 0.717) is 5.17 Å². The van der Waals surface area contributed by atoms with Gasteiger partial charge in [0, 0.05) is 25.6 Å². The van der Waals surface area contributed by atoms with Crippen LogP contribution >= 0.6 is 11.8 Å². The number of carbonyl (C=O) groups excluding carboxylic acids is 2. The number of nitrogens with zero attached hydrogens (tertiary/aromatic N) is 3. The molecule has 0 saturated carbocycles. The molecule has 25 heavy (non-hydrogen) atoms. The molecule has 2 amide bonds. The fraction of sp³-hybridized carbons (Fsp3) is 0.438. The van der Waals surface area contributed by atoms with E-state index in [1.807, 2.05) is 18.7 Å². The number of aryl methyl sites for hydroxylation is 1. The van der Waals surface area contributed by atoms with Crippen molar-refractivity contribution in [1.82, 2.24) is 4.90 Å². The Hall–Kier alpha value is -2.42. The van der Waals surface area contributed by atoms with Crippen molar-refractivity contribution in [3.05, 3.63) is 33.9 Å². The summed E-state index contributed by atoms with van der Waals surface area (Å²) >= 11 is 1.26. The van der Waals surface area contributed by atoms with Crippen molar-refractivity contribution in [3.63, 3.8) is 0 Å². The van der Waals surface area contributed by atoms with E-state index >= 15 is 0 Å². The van der Waals surface area contributed by atoms with Crippen LogP contribution in [-0.2, 0) is 9.59 Å². The van der Waals surface area contributed by atoms with E-state index in [-0.39, 0.29) is 23.7 Å². The number of benzene rings is 1. The van der Waals surface area contributed by atoms with E-state index in [1.54, 1.807) is 13.0 Å². The molecule has 0 aromatic heterocycles. The van der Waals surface area contributed by atoms with Crippen molar-refractivity contribution in [2.45, 2.75) is 32.4 Å². The first-order valence-corrected chi connectivity index (χ1v) is 8.82. The number of thioether (sulfide) groups is 1. The van der Waals surface area contributed by atoms with Crippen LogP contribution < -0.4 is 5.32 Å². The van der Waals surface area contributed by atoms with Crippen LogP contribution in [0.4, 0.5) is 11.4 Å². The molecule has 1 aliphatic rings. The zero-order valence-corrected chi connectivity index (χ0v) is 15.1. The number of anilines is 1. The van der Waals surface area contributed by atoms with Gasteiger partial charge in [-0.1, -0.05) is 17.8 Å². The first kappa shape index (κ1) is 18.9. The minimum absolute atomic E-state index is 0.0806. The first-order valence-electron chi connectivity index (χ1n) is 7.94. The van der Waals surface area contributed by atoms with Crippen molar-refractivity contribution in [3.8, 4) is 0 Å². The van der Waals surface area contributed by atoms with Crippen LogP contribution in [0.2, 0.25) is 0 Å². The molecule has 134 valence electrons. The Balaban J connectivity index is 2.03. The Morgan fingerprint density at radius 1 is 1.40 bits per heavy atom. The van der Waals surface area contributed by atoms with Gasteiger partial charge in [-0.25, -0.2) is 0 Å². The number of nitro groups is 1. The summed E-state index contributed by atoms with van der Waals surface area (Å²) in [6.45, 7) is 7.12. The Morgan fingerprint density at radius 2 is 2.08 bits per heavy atom. The summed E-state index contributed by atoms with van der Waals surface area (Å²) in [5.74, 6) is -0.797. The highest BCUT2D eigenvalue weighted by molar-refractivity contribution is 8.15. The van der Waals surface area contributed by atoms with Gasteiger partial charge >= 0.3 is 0 Å². The fourth-order valence-electron chi connectivity index (χ4n) is 2.41. The maximum absolute atomic E-state index is 12.2. The SMILES string of the molecule is CCN(CC)C1=NC(=O)[C@H](CC(=O)Nc2ccc(C)cc2[N+](=O)[O-])S1. The number of rotatable bonds is 6. The van der Waals surface area contributed by atoms with E-state index in [0.717, 1.165) is 18.7 Å². The smallest absolute Gasteiger partial charge is 0.293 e. The predicted octanol–water partition coefficient (Wildman–Crippen LogP) is 2.57. The molecule has 9 heteroatoms. The second-order valence-electron chi connectivity index (χ2n) is 5.54. The van der Waals surface area contributed by atoms with Gasteiger partial charge in [-0.05, 0) is 32.4 Å². The van der Waals surface area contributed by atoms with Crippen molar-refractivity contribution >= 4 is 40.1 Å². The summed E-state index contributed by atoms with van der Waals surface area (Å²) in [5, 5.41) is 13.7. The van der Waals surface area contributed by atoms with Gasteiger partial charge in [-0.15, -0.1) is 0 Å². The standard InChI is InChI=1S/C16H20N4O4S/c1-4-19(5-2)16-18-15(22)13(25-16)9-14(21)17-11-7-6-10(3)8-12(11)20(23)24/h6-8,13H,4-5,9H2,1-3H3,(H,17,21)/t13-/m0/s1. The summed E-state index contributed by atoms with van der Waals surface area (Å²) in [5.41, 5.74) is 0.684. The van der Waals surface area contributed by atoms with Crippen molar-refractivity contribution in [2.75, 3.05) is 18.4 Å². The summed E-state index contributed by atoms with van der Waals surface area (Å²) in [7, 11) is 0. The van der Waals surface area contributed by atoms with Gasteiger partial charge < -0.3 is 10.2 Å². The molecule has 0 unspecified atom stereocenters. The Labute approximate surface area is 149 Å². The minimum atomic E-state index is -0.597. The molecule has 0 spiro atoms. The van der Waals surface area contributed by atoms with Gasteiger partial charge in [0.05, 0.1) is 4.92 Å². The van der Waals surface area contributed by atoms with Crippen LogP contribution in [0.3, 0.4) is 0 Å². The lowest BCUT2D eigenvalue weighted by Gasteiger charge is -2.19. The second kappa shape index (κ2) is 8.11. The fourth-order valence-corrected chi connectivity index (χ4v) is 3.60. The summed E-state index contributed by atoms with van der Waals surface area (Å²) in [4.78, 5) is 40.8. The molecule has 0 radical (unpaired) electrons. The largest absolute Gasteiger partial charge is 0.352 e. The van der Waals surface area contributed by atoms with Crippen molar-refractivity contribution in [2.24, 2.45) is 4.99 Å². The van der Waals surface area contributed by atoms with Crippen molar-refractivity contribution < 1.29 is 14.5 Å². The zero-order chi connectivity index (χ0) is 18.6. The average Bonchev–Trinajstić information content (AvgIpc) is 2.90. The molecule has 1 heterocycles. The van der Waals surface area contributed by atoms with Crippen molar-refractivity contribution in [1.29, 1.82) is 0 Å². The summed E-state index contributed by atoms with van der Waals surface area (Å²) in [6.07, 6.45) is -0.0806. The number of hydrogen-bond donors (Lipinski definition) is 1. The molecule has 0 fully saturated rings. The van der Waals surface area contributed by atoms with E-state index in [2.05, 4.69) is 10.3 Å². The van der Waals surface area contributed by atoms with E-state index in [1.165, 1.54) is 23.9 Å². The van der Waals surface area contributed by atoms with E-state index in [4.69, 9.17) is 0 Å². The number of nitro benzene ring substituents is 1. The maximum Gasteiger partial charge on any atom is 0.293 e. The minimum Gasteiger partial charge on any atom is -0.352 e.